The van der Waals surface area contributed by atoms with Crippen molar-refractivity contribution >= 4 is 0 Å². The van der Waals surface area contributed by atoms with Crippen LogP contribution in [-0.2, 0) is 0 Å². The van der Waals surface area contributed by atoms with E-state index >= 15 is 0 Å². The first-order chi connectivity index (χ1) is 4.65. The maximum Gasteiger partial charge on any atom is 0.263 e. The van der Waals surface area contributed by atoms with Gasteiger partial charge in [-0.05, 0) is 12.3 Å². The minimum absolute atomic E-state index is 0.155. The highest BCUT2D eigenvalue weighted by atomic mass is 19.3. The van der Waals surface area contributed by atoms with Crippen molar-refractivity contribution in [2.24, 2.45) is 11.1 Å². The summed E-state index contributed by atoms with van der Waals surface area (Å²) in [6.07, 6.45) is -0.155. The van der Waals surface area contributed by atoms with Crippen LogP contribution in [0.2, 0.25) is 0 Å². The van der Waals surface area contributed by atoms with Gasteiger partial charge in [0.15, 0.2) is 0 Å². The van der Waals surface area contributed by atoms with Gasteiger partial charge in [0.2, 0.25) is 0 Å². The first-order valence-electron chi connectivity index (χ1n) is 3.78. The van der Waals surface area contributed by atoms with Crippen molar-refractivity contribution in [2.45, 2.75) is 46.1 Å². The van der Waals surface area contributed by atoms with E-state index in [1.54, 1.807) is 20.8 Å². The van der Waals surface area contributed by atoms with Gasteiger partial charge in [0.1, 0.15) is 0 Å². The van der Waals surface area contributed by atoms with Crippen LogP contribution in [0.15, 0.2) is 0 Å². The second kappa shape index (κ2) is 3.05. The second-order valence-electron chi connectivity index (χ2n) is 4.29. The van der Waals surface area contributed by atoms with Gasteiger partial charge in [-0.3, -0.25) is 0 Å². The lowest BCUT2D eigenvalue weighted by molar-refractivity contribution is -0.0531. The van der Waals surface area contributed by atoms with Gasteiger partial charge < -0.3 is 5.73 Å². The van der Waals surface area contributed by atoms with E-state index in [9.17, 15) is 8.78 Å². The lowest BCUT2D eigenvalue weighted by Crippen LogP contribution is -2.41. The Morgan fingerprint density at radius 1 is 1.27 bits per heavy atom. The molecule has 0 aromatic heterocycles. The Morgan fingerprint density at radius 3 is 1.73 bits per heavy atom. The SMILES string of the molecule is CC(N)C(F)(F)CC(C)(C)C. The summed E-state index contributed by atoms with van der Waals surface area (Å²) in [6, 6.07) is -1.05. The molecule has 0 aliphatic carbocycles. The van der Waals surface area contributed by atoms with Crippen molar-refractivity contribution in [3.8, 4) is 0 Å². The molecule has 0 spiro atoms. The van der Waals surface area contributed by atoms with Crippen LogP contribution in [0.1, 0.15) is 34.1 Å². The summed E-state index contributed by atoms with van der Waals surface area (Å²) in [4.78, 5) is 0. The van der Waals surface area contributed by atoms with Crippen LogP contribution in [0.25, 0.3) is 0 Å². The average Bonchev–Trinajstić information content (AvgIpc) is 1.56. The molecule has 3 heteroatoms. The Morgan fingerprint density at radius 2 is 1.64 bits per heavy atom. The summed E-state index contributed by atoms with van der Waals surface area (Å²) >= 11 is 0. The van der Waals surface area contributed by atoms with E-state index in [-0.39, 0.29) is 11.8 Å². The Kier molecular flexibility index (Phi) is 3.00. The molecule has 0 aromatic carbocycles. The number of rotatable bonds is 2. The van der Waals surface area contributed by atoms with Crippen molar-refractivity contribution in [1.82, 2.24) is 0 Å². The molecule has 0 bridgehead atoms. The van der Waals surface area contributed by atoms with Crippen molar-refractivity contribution in [2.75, 3.05) is 0 Å². The molecule has 11 heavy (non-hydrogen) atoms. The third-order valence-corrected chi connectivity index (χ3v) is 1.43. The molecule has 1 unspecified atom stereocenters. The van der Waals surface area contributed by atoms with E-state index in [0.29, 0.717) is 0 Å². The second-order valence-corrected chi connectivity index (χ2v) is 4.29. The Hall–Kier alpha value is -0.180. The van der Waals surface area contributed by atoms with E-state index < -0.39 is 12.0 Å². The monoisotopic (exact) mass is 165 g/mol. The summed E-state index contributed by atoms with van der Waals surface area (Å²) in [7, 11) is 0. The molecule has 0 heterocycles. The number of nitrogens with two attached hydrogens (primary N) is 1. The summed E-state index contributed by atoms with van der Waals surface area (Å²) in [5.41, 5.74) is 4.76. The predicted molar refractivity (Wildman–Crippen MR) is 42.7 cm³/mol. The smallest absolute Gasteiger partial charge is 0.263 e. The van der Waals surface area contributed by atoms with E-state index in [2.05, 4.69) is 0 Å². The minimum Gasteiger partial charge on any atom is -0.323 e. The normalized spacial score (nSPS) is 16.6. The van der Waals surface area contributed by atoms with Gasteiger partial charge in [0, 0.05) is 6.42 Å². The first-order valence-corrected chi connectivity index (χ1v) is 3.78. The van der Waals surface area contributed by atoms with Gasteiger partial charge in [0.05, 0.1) is 6.04 Å². The molecule has 0 aromatic rings. The maximum absolute atomic E-state index is 12.9. The summed E-state index contributed by atoms with van der Waals surface area (Å²) in [5, 5.41) is 0. The van der Waals surface area contributed by atoms with Crippen LogP contribution in [0.5, 0.6) is 0 Å². The highest BCUT2D eigenvalue weighted by Gasteiger charge is 2.37. The lowest BCUT2D eigenvalue weighted by atomic mass is 9.87. The Labute approximate surface area is 67.0 Å². The van der Waals surface area contributed by atoms with E-state index in [1.165, 1.54) is 6.92 Å². The molecule has 68 valence electrons. The summed E-state index contributed by atoms with van der Waals surface area (Å²) in [5.74, 6) is -2.74. The fourth-order valence-electron chi connectivity index (χ4n) is 0.868. The van der Waals surface area contributed by atoms with E-state index in [0.717, 1.165) is 0 Å². The third kappa shape index (κ3) is 4.30. The van der Waals surface area contributed by atoms with Crippen LogP contribution in [0, 0.1) is 5.41 Å². The number of hydrogen-bond acceptors (Lipinski definition) is 1. The first kappa shape index (κ1) is 10.8. The molecule has 0 radical (unpaired) electrons. The van der Waals surface area contributed by atoms with Crippen LogP contribution >= 0.6 is 0 Å². The molecule has 0 rings (SSSR count). The van der Waals surface area contributed by atoms with Crippen LogP contribution < -0.4 is 5.73 Å². The van der Waals surface area contributed by atoms with Gasteiger partial charge in [-0.2, -0.15) is 0 Å². The molecule has 0 saturated heterocycles. The zero-order valence-electron chi connectivity index (χ0n) is 7.62. The van der Waals surface area contributed by atoms with Crippen LogP contribution in [-0.4, -0.2) is 12.0 Å². The fraction of sp³-hybridized carbons (Fsp3) is 1.00. The minimum atomic E-state index is -2.74. The van der Waals surface area contributed by atoms with Gasteiger partial charge in [-0.1, -0.05) is 20.8 Å². The zero-order valence-corrected chi connectivity index (χ0v) is 7.62. The highest BCUT2D eigenvalue weighted by molar-refractivity contribution is 4.81. The van der Waals surface area contributed by atoms with Crippen molar-refractivity contribution in [3.63, 3.8) is 0 Å². The molecular weight excluding hydrogens is 148 g/mol. The quantitative estimate of drug-likeness (QED) is 0.668. The molecule has 0 aliphatic heterocycles. The van der Waals surface area contributed by atoms with E-state index in [1.807, 2.05) is 0 Å². The highest BCUT2D eigenvalue weighted by Crippen LogP contribution is 2.32. The molecule has 1 nitrogen and oxygen atoms in total. The van der Waals surface area contributed by atoms with Crippen molar-refractivity contribution in [3.05, 3.63) is 0 Å². The number of halogens is 2. The van der Waals surface area contributed by atoms with Crippen LogP contribution in [0.3, 0.4) is 0 Å². The predicted octanol–water partition coefficient (Wildman–Crippen LogP) is 2.41. The summed E-state index contributed by atoms with van der Waals surface area (Å²) in [6.45, 7) is 6.68. The molecule has 0 saturated carbocycles. The average molecular weight is 165 g/mol. The van der Waals surface area contributed by atoms with Crippen LogP contribution in [0.4, 0.5) is 8.78 Å². The Balaban J connectivity index is 4.13. The van der Waals surface area contributed by atoms with Crippen molar-refractivity contribution in [1.29, 1.82) is 0 Å². The van der Waals surface area contributed by atoms with Crippen molar-refractivity contribution < 1.29 is 8.78 Å². The summed E-state index contributed by atoms with van der Waals surface area (Å²) < 4.78 is 25.8. The number of hydrogen-bond donors (Lipinski definition) is 1. The largest absolute Gasteiger partial charge is 0.323 e. The zero-order chi connectivity index (χ0) is 9.28. The van der Waals surface area contributed by atoms with Gasteiger partial charge in [-0.25, -0.2) is 8.78 Å². The molecular formula is C8H17F2N. The fourth-order valence-corrected chi connectivity index (χ4v) is 0.868. The van der Waals surface area contributed by atoms with Gasteiger partial charge in [-0.15, -0.1) is 0 Å². The maximum atomic E-state index is 12.9. The standard InChI is InChI=1S/C8H17F2N/c1-6(11)8(9,10)5-7(2,3)4/h6H,5,11H2,1-4H3. The molecule has 0 amide bonds. The van der Waals surface area contributed by atoms with Gasteiger partial charge in [0.25, 0.3) is 5.92 Å². The van der Waals surface area contributed by atoms with E-state index in [4.69, 9.17) is 5.73 Å². The third-order valence-electron chi connectivity index (χ3n) is 1.43. The molecule has 0 fully saturated rings. The number of alkyl halides is 2. The lowest BCUT2D eigenvalue weighted by Gasteiger charge is -2.28. The molecule has 2 N–H and O–H groups in total. The topological polar surface area (TPSA) is 26.0 Å². The molecule has 1 atom stereocenters. The Bertz CT molecular complexity index is 125. The van der Waals surface area contributed by atoms with Gasteiger partial charge >= 0.3 is 0 Å². The molecule has 0 aliphatic rings.